The molecule has 0 radical (unpaired) electrons. The molecule has 0 fully saturated rings. The molecule has 0 saturated carbocycles. The quantitative estimate of drug-likeness (QED) is 0.755. The van der Waals surface area contributed by atoms with E-state index < -0.39 is 15.8 Å². The van der Waals surface area contributed by atoms with Gasteiger partial charge in [-0.3, -0.25) is 4.72 Å². The number of benzene rings is 2. The molecule has 2 N–H and O–H groups in total. The molecule has 0 aliphatic heterocycles. The SMILES string of the molecule is O=S(=O)(Nc1ccc2cccc(O)c2n1)c1ccc(F)c(Cl)c1. The molecule has 0 bridgehead atoms. The number of rotatable bonds is 3. The van der Waals surface area contributed by atoms with E-state index in [0.29, 0.717) is 5.39 Å². The Bertz CT molecular complexity index is 1010. The predicted molar refractivity (Wildman–Crippen MR) is 85.6 cm³/mol. The first-order valence-electron chi connectivity index (χ1n) is 6.43. The molecule has 0 saturated heterocycles. The summed E-state index contributed by atoms with van der Waals surface area (Å²) in [6.07, 6.45) is 0. The number of anilines is 1. The van der Waals surface area contributed by atoms with Crippen molar-refractivity contribution in [3.8, 4) is 5.75 Å². The third-order valence-electron chi connectivity index (χ3n) is 3.14. The van der Waals surface area contributed by atoms with E-state index in [-0.39, 0.29) is 27.0 Å². The lowest BCUT2D eigenvalue weighted by Crippen LogP contribution is -2.14. The third-order valence-corrected chi connectivity index (χ3v) is 4.78. The van der Waals surface area contributed by atoms with Crippen LogP contribution in [0.5, 0.6) is 5.75 Å². The zero-order valence-electron chi connectivity index (χ0n) is 11.5. The molecule has 2 aromatic carbocycles. The average Bonchev–Trinajstić information content (AvgIpc) is 2.50. The zero-order valence-corrected chi connectivity index (χ0v) is 13.1. The minimum atomic E-state index is -3.98. The largest absolute Gasteiger partial charge is 0.506 e. The zero-order chi connectivity index (χ0) is 16.6. The minimum Gasteiger partial charge on any atom is -0.506 e. The Labute approximate surface area is 136 Å². The molecule has 8 heteroatoms. The highest BCUT2D eigenvalue weighted by Gasteiger charge is 2.17. The maximum atomic E-state index is 13.1. The van der Waals surface area contributed by atoms with E-state index in [0.717, 1.165) is 18.2 Å². The molecule has 118 valence electrons. The summed E-state index contributed by atoms with van der Waals surface area (Å²) in [6.45, 7) is 0. The number of nitrogens with zero attached hydrogens (tertiary/aromatic N) is 1. The summed E-state index contributed by atoms with van der Waals surface area (Å²) in [7, 11) is -3.98. The van der Waals surface area contributed by atoms with Crippen LogP contribution in [0.3, 0.4) is 0 Å². The summed E-state index contributed by atoms with van der Waals surface area (Å²) in [5, 5.41) is 10.1. The van der Waals surface area contributed by atoms with E-state index in [1.165, 1.54) is 12.1 Å². The number of fused-ring (bicyclic) bond motifs is 1. The Morgan fingerprint density at radius 1 is 1.13 bits per heavy atom. The van der Waals surface area contributed by atoms with Gasteiger partial charge < -0.3 is 5.11 Å². The van der Waals surface area contributed by atoms with Crippen LogP contribution in [0.4, 0.5) is 10.2 Å². The first-order chi connectivity index (χ1) is 10.9. The number of sulfonamides is 1. The Morgan fingerprint density at radius 3 is 2.65 bits per heavy atom. The number of hydrogen-bond donors (Lipinski definition) is 2. The lowest BCUT2D eigenvalue weighted by Gasteiger charge is -2.09. The van der Waals surface area contributed by atoms with Crippen molar-refractivity contribution in [1.29, 1.82) is 0 Å². The number of halogens is 2. The lowest BCUT2D eigenvalue weighted by atomic mass is 10.2. The van der Waals surface area contributed by atoms with Gasteiger partial charge in [0.2, 0.25) is 0 Å². The highest BCUT2D eigenvalue weighted by molar-refractivity contribution is 7.92. The molecular formula is C15H10ClFN2O3S. The number of phenolic OH excluding ortho intramolecular Hbond substituents is 1. The van der Waals surface area contributed by atoms with Crippen LogP contribution in [-0.2, 0) is 10.0 Å². The normalized spacial score (nSPS) is 11.6. The molecule has 5 nitrogen and oxygen atoms in total. The van der Waals surface area contributed by atoms with Crippen molar-refractivity contribution in [1.82, 2.24) is 4.98 Å². The molecule has 0 atom stereocenters. The van der Waals surface area contributed by atoms with Crippen molar-refractivity contribution < 1.29 is 17.9 Å². The maximum Gasteiger partial charge on any atom is 0.263 e. The van der Waals surface area contributed by atoms with E-state index in [1.807, 2.05) is 0 Å². The van der Waals surface area contributed by atoms with Gasteiger partial charge in [-0.05, 0) is 36.4 Å². The standard InChI is InChI=1S/C15H10ClFN2O3S/c16-11-8-10(5-6-12(11)17)23(21,22)19-14-7-4-9-2-1-3-13(20)15(9)18-14/h1-8,20H,(H,18,19). The van der Waals surface area contributed by atoms with Crippen molar-refractivity contribution >= 4 is 38.3 Å². The molecule has 0 spiro atoms. The summed E-state index contributed by atoms with van der Waals surface area (Å²) < 4.78 is 40.0. The van der Waals surface area contributed by atoms with Gasteiger partial charge in [0.05, 0.1) is 9.92 Å². The van der Waals surface area contributed by atoms with Crippen molar-refractivity contribution in [2.75, 3.05) is 4.72 Å². The number of hydrogen-bond acceptors (Lipinski definition) is 4. The smallest absolute Gasteiger partial charge is 0.263 e. The summed E-state index contributed by atoms with van der Waals surface area (Å²) in [5.74, 6) is -0.743. The number of aromatic nitrogens is 1. The lowest BCUT2D eigenvalue weighted by molar-refractivity contribution is 0.480. The van der Waals surface area contributed by atoms with E-state index in [4.69, 9.17) is 11.6 Å². The second-order valence-corrected chi connectivity index (χ2v) is 6.82. The van der Waals surface area contributed by atoms with E-state index in [1.54, 1.807) is 18.2 Å². The highest BCUT2D eigenvalue weighted by Crippen LogP contribution is 2.25. The first-order valence-corrected chi connectivity index (χ1v) is 8.29. The second kappa shape index (κ2) is 5.68. The number of nitrogens with one attached hydrogen (secondary N) is 1. The van der Waals surface area contributed by atoms with Gasteiger partial charge in [0.1, 0.15) is 22.9 Å². The van der Waals surface area contributed by atoms with Gasteiger partial charge in [-0.2, -0.15) is 0 Å². The Hall–Kier alpha value is -2.38. The fourth-order valence-electron chi connectivity index (χ4n) is 2.03. The number of para-hydroxylation sites is 1. The summed E-state index contributed by atoms with van der Waals surface area (Å²) >= 11 is 5.61. The van der Waals surface area contributed by atoms with Crippen LogP contribution in [0.1, 0.15) is 0 Å². The average molecular weight is 353 g/mol. The van der Waals surface area contributed by atoms with Crippen molar-refractivity contribution in [3.63, 3.8) is 0 Å². The van der Waals surface area contributed by atoms with Crippen LogP contribution in [0, 0.1) is 5.82 Å². The van der Waals surface area contributed by atoms with Gasteiger partial charge in [0.15, 0.2) is 0 Å². The molecule has 3 aromatic rings. The van der Waals surface area contributed by atoms with Crippen molar-refractivity contribution in [3.05, 3.63) is 59.4 Å². The van der Waals surface area contributed by atoms with Gasteiger partial charge in [0, 0.05) is 5.39 Å². The molecular weight excluding hydrogens is 343 g/mol. The van der Waals surface area contributed by atoms with Gasteiger partial charge in [-0.1, -0.05) is 23.7 Å². The maximum absolute atomic E-state index is 13.1. The van der Waals surface area contributed by atoms with Gasteiger partial charge >= 0.3 is 0 Å². The molecule has 1 heterocycles. The Balaban J connectivity index is 2.00. The first kappa shape index (κ1) is 15.5. The van der Waals surface area contributed by atoms with Crippen LogP contribution in [0.25, 0.3) is 10.9 Å². The third kappa shape index (κ3) is 3.06. The van der Waals surface area contributed by atoms with Crippen LogP contribution in [0.15, 0.2) is 53.4 Å². The van der Waals surface area contributed by atoms with Crippen LogP contribution in [-0.4, -0.2) is 18.5 Å². The van der Waals surface area contributed by atoms with Crippen LogP contribution in [0.2, 0.25) is 5.02 Å². The van der Waals surface area contributed by atoms with Crippen LogP contribution >= 0.6 is 11.6 Å². The van der Waals surface area contributed by atoms with Gasteiger partial charge in [-0.15, -0.1) is 0 Å². The Morgan fingerprint density at radius 2 is 1.91 bits per heavy atom. The van der Waals surface area contributed by atoms with Gasteiger partial charge in [-0.25, -0.2) is 17.8 Å². The summed E-state index contributed by atoms with van der Waals surface area (Å²) in [4.78, 5) is 3.89. The molecule has 0 amide bonds. The second-order valence-electron chi connectivity index (χ2n) is 4.73. The molecule has 3 rings (SSSR count). The van der Waals surface area contributed by atoms with E-state index in [2.05, 4.69) is 9.71 Å². The van der Waals surface area contributed by atoms with Crippen molar-refractivity contribution in [2.24, 2.45) is 0 Å². The Kier molecular flexibility index (Phi) is 3.83. The molecule has 0 aliphatic carbocycles. The summed E-state index contributed by atoms with van der Waals surface area (Å²) in [5.41, 5.74) is 0.268. The topological polar surface area (TPSA) is 79.3 Å². The number of aromatic hydroxyl groups is 1. The highest BCUT2D eigenvalue weighted by atomic mass is 35.5. The van der Waals surface area contributed by atoms with E-state index in [9.17, 15) is 17.9 Å². The van der Waals surface area contributed by atoms with E-state index >= 15 is 0 Å². The minimum absolute atomic E-state index is 0.0273. The molecule has 0 unspecified atom stereocenters. The number of phenols is 1. The fourth-order valence-corrected chi connectivity index (χ4v) is 3.30. The predicted octanol–water partition coefficient (Wildman–Crippen LogP) is 3.53. The fraction of sp³-hybridized carbons (Fsp3) is 0. The molecule has 23 heavy (non-hydrogen) atoms. The van der Waals surface area contributed by atoms with Crippen molar-refractivity contribution in [2.45, 2.75) is 4.90 Å². The van der Waals surface area contributed by atoms with Gasteiger partial charge in [0.25, 0.3) is 10.0 Å². The monoisotopic (exact) mass is 352 g/mol. The van der Waals surface area contributed by atoms with Crippen LogP contribution < -0.4 is 4.72 Å². The number of pyridine rings is 1. The molecule has 0 aliphatic rings. The molecule has 1 aromatic heterocycles. The summed E-state index contributed by atoms with van der Waals surface area (Å²) in [6, 6.07) is 11.0.